The van der Waals surface area contributed by atoms with Crippen LogP contribution in [-0.4, -0.2) is 18.7 Å². The van der Waals surface area contributed by atoms with Crippen LogP contribution in [0.5, 0.6) is 0 Å². The highest BCUT2D eigenvalue weighted by Crippen LogP contribution is 2.22. The number of carbonyl (C=O) groups is 1. The molecule has 1 rings (SSSR count). The number of rotatable bonds is 2. The second-order valence-corrected chi connectivity index (χ2v) is 3.54. The van der Waals surface area contributed by atoms with Gasteiger partial charge in [0.15, 0.2) is 0 Å². The third-order valence-electron chi connectivity index (χ3n) is 2.60. The van der Waals surface area contributed by atoms with Crippen LogP contribution in [0.3, 0.4) is 0 Å². The first-order valence-electron chi connectivity index (χ1n) is 4.88. The quantitative estimate of drug-likeness (QED) is 0.370. The van der Waals surface area contributed by atoms with Crippen LogP contribution in [0.4, 0.5) is 0 Å². The molecule has 4 nitrogen and oxygen atoms in total. The smallest absolute Gasteiger partial charge is 0.311 e. The van der Waals surface area contributed by atoms with Gasteiger partial charge in [0.05, 0.1) is 5.92 Å². The molecule has 0 spiro atoms. The normalized spacial score (nSPS) is 29.4. The first-order valence-corrected chi connectivity index (χ1v) is 4.88. The van der Waals surface area contributed by atoms with E-state index in [9.17, 15) is 4.79 Å². The van der Waals surface area contributed by atoms with Gasteiger partial charge in [-0.3, -0.25) is 10.5 Å². The zero-order chi connectivity index (χ0) is 9.68. The summed E-state index contributed by atoms with van der Waals surface area (Å²) in [7, 11) is 0. The summed E-state index contributed by atoms with van der Waals surface area (Å²) in [5.74, 6) is -0.358. The third-order valence-corrected chi connectivity index (χ3v) is 2.60. The van der Waals surface area contributed by atoms with Crippen molar-refractivity contribution in [1.29, 1.82) is 0 Å². The molecule has 0 radical (unpaired) electrons. The molecule has 1 aliphatic rings. The summed E-state index contributed by atoms with van der Waals surface area (Å²) in [5.41, 5.74) is 11.0. The molecule has 13 heavy (non-hydrogen) atoms. The van der Waals surface area contributed by atoms with Gasteiger partial charge in [-0.15, -0.1) is 0 Å². The molecule has 0 amide bonds. The predicted octanol–water partition coefficient (Wildman–Crippen LogP) is 0.353. The Labute approximate surface area is 78.6 Å². The summed E-state index contributed by atoms with van der Waals surface area (Å²) in [6, 6.07) is -0.0402. The Hall–Kier alpha value is -0.610. The van der Waals surface area contributed by atoms with Gasteiger partial charge in [0.1, 0.15) is 6.73 Å². The Kier molecular flexibility index (Phi) is 4.18. The maximum absolute atomic E-state index is 11.4. The Morgan fingerprint density at radius 3 is 2.69 bits per heavy atom. The summed E-state index contributed by atoms with van der Waals surface area (Å²) in [4.78, 5) is 11.4. The molecule has 0 aliphatic heterocycles. The Morgan fingerprint density at radius 1 is 1.31 bits per heavy atom. The van der Waals surface area contributed by atoms with Crippen molar-refractivity contribution >= 4 is 5.97 Å². The van der Waals surface area contributed by atoms with Gasteiger partial charge in [0.25, 0.3) is 0 Å². The topological polar surface area (TPSA) is 78.3 Å². The van der Waals surface area contributed by atoms with Gasteiger partial charge >= 0.3 is 5.97 Å². The Morgan fingerprint density at radius 2 is 2.00 bits per heavy atom. The molecule has 1 aliphatic carbocycles. The summed E-state index contributed by atoms with van der Waals surface area (Å²) >= 11 is 0. The van der Waals surface area contributed by atoms with E-state index in [2.05, 4.69) is 0 Å². The number of ether oxygens (including phenoxy) is 1. The monoisotopic (exact) mass is 186 g/mol. The highest BCUT2D eigenvalue weighted by molar-refractivity contribution is 5.73. The second kappa shape index (κ2) is 5.19. The fraction of sp³-hybridized carbons (Fsp3) is 0.889. The molecule has 4 N–H and O–H groups in total. The van der Waals surface area contributed by atoms with Gasteiger partial charge in [0.2, 0.25) is 0 Å². The van der Waals surface area contributed by atoms with Crippen molar-refractivity contribution in [2.24, 2.45) is 17.4 Å². The first-order chi connectivity index (χ1) is 6.25. The average molecular weight is 186 g/mol. The standard InChI is InChI=1S/C9H18N2O2/c10-6-13-9(12)7-4-2-1-3-5-8(7)11/h7-8H,1-6,10-11H2. The molecule has 0 aromatic carbocycles. The van der Waals surface area contributed by atoms with E-state index in [0.29, 0.717) is 0 Å². The molecule has 4 heteroatoms. The van der Waals surface area contributed by atoms with E-state index in [-0.39, 0.29) is 24.7 Å². The lowest BCUT2D eigenvalue weighted by molar-refractivity contribution is -0.149. The molecule has 0 aromatic rings. The van der Waals surface area contributed by atoms with Crippen LogP contribution in [0.2, 0.25) is 0 Å². The minimum absolute atomic E-state index is 0.0396. The predicted molar refractivity (Wildman–Crippen MR) is 49.7 cm³/mol. The van der Waals surface area contributed by atoms with E-state index in [0.717, 1.165) is 25.7 Å². The van der Waals surface area contributed by atoms with Crippen LogP contribution in [-0.2, 0) is 9.53 Å². The van der Waals surface area contributed by atoms with Crippen LogP contribution < -0.4 is 11.5 Å². The van der Waals surface area contributed by atoms with Crippen LogP contribution >= 0.6 is 0 Å². The molecule has 2 atom stereocenters. The molecule has 76 valence electrons. The fourth-order valence-electron chi connectivity index (χ4n) is 1.82. The first kappa shape index (κ1) is 10.5. The Bertz CT molecular complexity index is 173. The van der Waals surface area contributed by atoms with Gasteiger partial charge in [0, 0.05) is 6.04 Å². The van der Waals surface area contributed by atoms with E-state index >= 15 is 0 Å². The molecule has 0 aromatic heterocycles. The van der Waals surface area contributed by atoms with Gasteiger partial charge in [-0.1, -0.05) is 19.3 Å². The van der Waals surface area contributed by atoms with Gasteiger partial charge < -0.3 is 10.5 Å². The number of hydrogen-bond acceptors (Lipinski definition) is 4. The zero-order valence-electron chi connectivity index (χ0n) is 7.87. The molecule has 0 bridgehead atoms. The van der Waals surface area contributed by atoms with E-state index in [4.69, 9.17) is 16.2 Å². The van der Waals surface area contributed by atoms with Gasteiger partial charge in [-0.25, -0.2) is 0 Å². The highest BCUT2D eigenvalue weighted by atomic mass is 16.5. The van der Waals surface area contributed by atoms with Crippen LogP contribution in [0, 0.1) is 5.92 Å². The second-order valence-electron chi connectivity index (χ2n) is 3.54. The maximum atomic E-state index is 11.4. The number of nitrogens with two attached hydrogens (primary N) is 2. The van der Waals surface area contributed by atoms with E-state index in [1.807, 2.05) is 0 Å². The molecule has 2 unspecified atom stereocenters. The van der Waals surface area contributed by atoms with Crippen molar-refractivity contribution < 1.29 is 9.53 Å². The lowest BCUT2D eigenvalue weighted by Gasteiger charge is -2.18. The molecule has 0 heterocycles. The van der Waals surface area contributed by atoms with Gasteiger partial charge in [-0.2, -0.15) is 0 Å². The van der Waals surface area contributed by atoms with Crippen molar-refractivity contribution in [2.45, 2.75) is 38.1 Å². The van der Waals surface area contributed by atoms with E-state index in [1.54, 1.807) is 0 Å². The highest BCUT2D eigenvalue weighted by Gasteiger charge is 2.27. The van der Waals surface area contributed by atoms with Crippen LogP contribution in [0.25, 0.3) is 0 Å². The van der Waals surface area contributed by atoms with E-state index in [1.165, 1.54) is 6.42 Å². The fourth-order valence-corrected chi connectivity index (χ4v) is 1.82. The molecular weight excluding hydrogens is 168 g/mol. The third kappa shape index (κ3) is 2.97. The van der Waals surface area contributed by atoms with Gasteiger partial charge in [-0.05, 0) is 12.8 Å². The zero-order valence-corrected chi connectivity index (χ0v) is 7.87. The molecule has 0 saturated heterocycles. The summed E-state index contributed by atoms with van der Waals surface area (Å²) < 4.78 is 4.77. The number of carbonyl (C=O) groups excluding carboxylic acids is 1. The van der Waals surface area contributed by atoms with Crippen molar-refractivity contribution in [3.63, 3.8) is 0 Å². The van der Waals surface area contributed by atoms with Crippen molar-refractivity contribution in [3.05, 3.63) is 0 Å². The summed E-state index contributed by atoms with van der Waals surface area (Å²) in [6.45, 7) is -0.0396. The molecule has 1 fully saturated rings. The molecule has 1 saturated carbocycles. The number of hydrogen-bond donors (Lipinski definition) is 2. The minimum Gasteiger partial charge on any atom is -0.450 e. The lowest BCUT2D eigenvalue weighted by atomic mass is 9.96. The average Bonchev–Trinajstić information content (AvgIpc) is 2.30. The van der Waals surface area contributed by atoms with Crippen molar-refractivity contribution in [1.82, 2.24) is 0 Å². The summed E-state index contributed by atoms with van der Waals surface area (Å²) in [6.07, 6.45) is 5.12. The van der Waals surface area contributed by atoms with Crippen LogP contribution in [0.15, 0.2) is 0 Å². The largest absolute Gasteiger partial charge is 0.450 e. The maximum Gasteiger partial charge on any atom is 0.311 e. The number of esters is 1. The summed E-state index contributed by atoms with van der Waals surface area (Å²) in [5, 5.41) is 0. The van der Waals surface area contributed by atoms with E-state index < -0.39 is 0 Å². The van der Waals surface area contributed by atoms with Crippen molar-refractivity contribution in [3.8, 4) is 0 Å². The van der Waals surface area contributed by atoms with Crippen LogP contribution in [0.1, 0.15) is 32.1 Å². The van der Waals surface area contributed by atoms with Crippen molar-refractivity contribution in [2.75, 3.05) is 6.73 Å². The Balaban J connectivity index is 2.48. The minimum atomic E-state index is -0.225. The molecular formula is C9H18N2O2. The SMILES string of the molecule is NCOC(=O)C1CCCCCC1N. The lowest BCUT2D eigenvalue weighted by Crippen LogP contribution is -2.36.